The summed E-state index contributed by atoms with van der Waals surface area (Å²) in [5.74, 6) is 0.746. The van der Waals surface area contributed by atoms with Crippen LogP contribution in [0.15, 0.2) is 48.5 Å². The molecular weight excluding hydrogens is 240 g/mol. The maximum absolute atomic E-state index is 3.49. The third kappa shape index (κ3) is 3.39. The molecule has 2 aromatic carbocycles. The Kier molecular flexibility index (Phi) is 4.32. The van der Waals surface area contributed by atoms with Gasteiger partial charge in [-0.1, -0.05) is 73.9 Å². The van der Waals surface area contributed by atoms with Gasteiger partial charge in [-0.05, 0) is 47.6 Å². The molecule has 0 amide bonds. The molecule has 20 heavy (non-hydrogen) atoms. The number of rotatable bonds is 3. The van der Waals surface area contributed by atoms with Gasteiger partial charge in [-0.3, -0.25) is 0 Å². The SMILES string of the molecule is [c]1cc(/C=C/c2ccccc2)ccc1C1CCCCC1. The van der Waals surface area contributed by atoms with Gasteiger partial charge in [-0.15, -0.1) is 0 Å². The van der Waals surface area contributed by atoms with E-state index in [1.165, 1.54) is 48.8 Å². The van der Waals surface area contributed by atoms with Crippen molar-refractivity contribution in [2.75, 3.05) is 0 Å². The van der Waals surface area contributed by atoms with Crippen LogP contribution in [-0.2, 0) is 0 Å². The summed E-state index contributed by atoms with van der Waals surface area (Å²) in [6.07, 6.45) is 11.2. The van der Waals surface area contributed by atoms with Crippen LogP contribution in [0.25, 0.3) is 12.2 Å². The minimum atomic E-state index is 0.746. The Hall–Kier alpha value is -1.82. The highest BCUT2D eigenvalue weighted by Gasteiger charge is 2.14. The van der Waals surface area contributed by atoms with E-state index >= 15 is 0 Å². The zero-order valence-electron chi connectivity index (χ0n) is 11.9. The first-order valence-electron chi connectivity index (χ1n) is 7.66. The molecule has 3 rings (SSSR count). The number of benzene rings is 2. The van der Waals surface area contributed by atoms with Crippen molar-refractivity contribution in [3.63, 3.8) is 0 Å². The molecule has 1 fully saturated rings. The van der Waals surface area contributed by atoms with Crippen molar-refractivity contribution in [1.29, 1.82) is 0 Å². The smallest absolute Gasteiger partial charge is 0.0140 e. The van der Waals surface area contributed by atoms with E-state index in [4.69, 9.17) is 0 Å². The van der Waals surface area contributed by atoms with Crippen LogP contribution < -0.4 is 0 Å². The van der Waals surface area contributed by atoms with Gasteiger partial charge in [0.2, 0.25) is 0 Å². The van der Waals surface area contributed by atoms with Gasteiger partial charge in [-0.25, -0.2) is 0 Å². The maximum Gasteiger partial charge on any atom is -0.0140 e. The average molecular weight is 261 g/mol. The van der Waals surface area contributed by atoms with Crippen LogP contribution in [0.5, 0.6) is 0 Å². The third-order valence-electron chi connectivity index (χ3n) is 4.17. The molecule has 1 radical (unpaired) electrons. The first-order chi connectivity index (χ1) is 9.92. The lowest BCUT2D eigenvalue weighted by Crippen LogP contribution is -2.04. The summed E-state index contributed by atoms with van der Waals surface area (Å²) in [5, 5.41) is 0. The fraction of sp³-hybridized carbons (Fsp3) is 0.300. The molecule has 0 heteroatoms. The minimum Gasteiger partial charge on any atom is -0.0622 e. The maximum atomic E-state index is 3.49. The van der Waals surface area contributed by atoms with Gasteiger partial charge >= 0.3 is 0 Å². The summed E-state index contributed by atoms with van der Waals surface area (Å²) >= 11 is 0. The van der Waals surface area contributed by atoms with Gasteiger partial charge in [0.1, 0.15) is 0 Å². The lowest BCUT2D eigenvalue weighted by Gasteiger charge is -2.21. The van der Waals surface area contributed by atoms with Crippen molar-refractivity contribution in [3.05, 3.63) is 71.3 Å². The quantitative estimate of drug-likeness (QED) is 0.621. The van der Waals surface area contributed by atoms with Crippen molar-refractivity contribution >= 4 is 12.2 Å². The van der Waals surface area contributed by atoms with Gasteiger partial charge in [0.15, 0.2) is 0 Å². The van der Waals surface area contributed by atoms with Gasteiger partial charge in [-0.2, -0.15) is 0 Å². The summed E-state index contributed by atoms with van der Waals surface area (Å²) in [7, 11) is 0. The number of hydrogen-bond acceptors (Lipinski definition) is 0. The summed E-state index contributed by atoms with van der Waals surface area (Å²) in [6, 6.07) is 20.5. The molecule has 0 N–H and O–H groups in total. The van der Waals surface area contributed by atoms with Gasteiger partial charge < -0.3 is 0 Å². The highest BCUT2D eigenvalue weighted by molar-refractivity contribution is 5.69. The average Bonchev–Trinajstić information content (AvgIpc) is 2.55. The number of hydrogen-bond donors (Lipinski definition) is 0. The second-order valence-electron chi connectivity index (χ2n) is 5.66. The molecule has 0 aromatic heterocycles. The molecule has 0 bridgehead atoms. The van der Waals surface area contributed by atoms with Crippen LogP contribution in [0, 0.1) is 6.07 Å². The Labute approximate surface area is 122 Å². The van der Waals surface area contributed by atoms with E-state index in [1.807, 2.05) is 6.07 Å². The van der Waals surface area contributed by atoms with Crippen LogP contribution in [0.4, 0.5) is 0 Å². The topological polar surface area (TPSA) is 0 Å². The Morgan fingerprint density at radius 1 is 0.800 bits per heavy atom. The molecule has 0 unspecified atom stereocenters. The lowest BCUT2D eigenvalue weighted by atomic mass is 9.84. The fourth-order valence-corrected chi connectivity index (χ4v) is 2.98. The van der Waals surface area contributed by atoms with E-state index in [9.17, 15) is 0 Å². The molecule has 1 saturated carbocycles. The van der Waals surface area contributed by atoms with E-state index in [0.717, 1.165) is 5.92 Å². The van der Waals surface area contributed by atoms with E-state index in [2.05, 4.69) is 60.7 Å². The largest absolute Gasteiger partial charge is 0.0622 e. The van der Waals surface area contributed by atoms with E-state index < -0.39 is 0 Å². The van der Waals surface area contributed by atoms with Gasteiger partial charge in [0.05, 0.1) is 0 Å². The molecule has 0 atom stereocenters. The van der Waals surface area contributed by atoms with Crippen LogP contribution in [0.1, 0.15) is 54.7 Å². The van der Waals surface area contributed by atoms with Gasteiger partial charge in [0.25, 0.3) is 0 Å². The van der Waals surface area contributed by atoms with E-state index in [0.29, 0.717) is 0 Å². The molecule has 0 spiro atoms. The molecule has 2 aromatic rings. The third-order valence-corrected chi connectivity index (χ3v) is 4.17. The zero-order chi connectivity index (χ0) is 13.6. The van der Waals surface area contributed by atoms with Crippen molar-refractivity contribution in [2.24, 2.45) is 0 Å². The van der Waals surface area contributed by atoms with E-state index in [-0.39, 0.29) is 0 Å². The van der Waals surface area contributed by atoms with E-state index in [1.54, 1.807) is 0 Å². The molecular formula is C20H21. The monoisotopic (exact) mass is 261 g/mol. The molecule has 1 aliphatic rings. The Bertz CT molecular complexity index is 542. The van der Waals surface area contributed by atoms with Crippen molar-refractivity contribution < 1.29 is 0 Å². The Morgan fingerprint density at radius 3 is 2.25 bits per heavy atom. The highest BCUT2D eigenvalue weighted by atomic mass is 14.2. The van der Waals surface area contributed by atoms with Crippen molar-refractivity contribution in [1.82, 2.24) is 0 Å². The van der Waals surface area contributed by atoms with Crippen LogP contribution in [0.3, 0.4) is 0 Å². The molecule has 0 heterocycles. The van der Waals surface area contributed by atoms with Crippen molar-refractivity contribution in [2.45, 2.75) is 38.0 Å². The summed E-state index contributed by atoms with van der Waals surface area (Å²) in [5.41, 5.74) is 3.87. The first-order valence-corrected chi connectivity index (χ1v) is 7.66. The molecule has 101 valence electrons. The highest BCUT2D eigenvalue weighted by Crippen LogP contribution is 2.32. The predicted octanol–water partition coefficient (Wildman–Crippen LogP) is 5.70. The minimum absolute atomic E-state index is 0.746. The normalized spacial score (nSPS) is 16.6. The van der Waals surface area contributed by atoms with Crippen molar-refractivity contribution in [3.8, 4) is 0 Å². The van der Waals surface area contributed by atoms with Crippen LogP contribution in [-0.4, -0.2) is 0 Å². The van der Waals surface area contributed by atoms with Crippen LogP contribution >= 0.6 is 0 Å². The van der Waals surface area contributed by atoms with Crippen LogP contribution in [0.2, 0.25) is 0 Å². The summed E-state index contributed by atoms with van der Waals surface area (Å²) in [6.45, 7) is 0. The fourth-order valence-electron chi connectivity index (χ4n) is 2.98. The standard InChI is InChI=1S/C20H21/c1-3-7-17(8-4-1)11-12-18-13-15-20(16-14-18)19-9-5-2-6-10-19/h1,3-4,7-8,11-15,19H,2,5-6,9-10H2/b12-11+. The molecule has 0 nitrogen and oxygen atoms in total. The Morgan fingerprint density at radius 2 is 1.55 bits per heavy atom. The van der Waals surface area contributed by atoms with Gasteiger partial charge in [0, 0.05) is 0 Å². The first kappa shape index (κ1) is 13.2. The summed E-state index contributed by atoms with van der Waals surface area (Å²) in [4.78, 5) is 0. The Balaban J connectivity index is 1.68. The predicted molar refractivity (Wildman–Crippen MR) is 86.5 cm³/mol. The lowest BCUT2D eigenvalue weighted by molar-refractivity contribution is 0.443. The molecule has 0 saturated heterocycles. The molecule has 1 aliphatic carbocycles. The zero-order valence-corrected chi connectivity index (χ0v) is 11.9. The summed E-state index contributed by atoms with van der Waals surface area (Å²) < 4.78 is 0. The molecule has 0 aliphatic heterocycles. The second-order valence-corrected chi connectivity index (χ2v) is 5.66. The second kappa shape index (κ2) is 6.56.